The summed E-state index contributed by atoms with van der Waals surface area (Å²) in [5.74, 6) is 2.29. The van der Waals surface area contributed by atoms with Gasteiger partial charge in [-0.2, -0.15) is 0 Å². The first-order chi connectivity index (χ1) is 8.29. The number of allylic oxidation sites excluding steroid dienone is 2. The van der Waals surface area contributed by atoms with Crippen LogP contribution in [0.15, 0.2) is 24.0 Å². The van der Waals surface area contributed by atoms with Crippen LogP contribution in [0.25, 0.3) is 5.57 Å². The quantitative estimate of drug-likeness (QED) is 0.783. The monoisotopic (exact) mass is 232 g/mol. The fourth-order valence-electron chi connectivity index (χ4n) is 2.21. The molecule has 1 aromatic rings. The van der Waals surface area contributed by atoms with E-state index in [1.807, 2.05) is 18.2 Å². The first-order valence-electron chi connectivity index (χ1n) is 5.50. The molecule has 0 amide bonds. The molecule has 0 aromatic heterocycles. The predicted molar refractivity (Wildman–Crippen MR) is 60.7 cm³/mol. The lowest BCUT2D eigenvalue weighted by Crippen LogP contribution is -1.96. The van der Waals surface area contributed by atoms with Gasteiger partial charge in [0.05, 0.1) is 12.7 Å². The maximum absolute atomic E-state index is 11.8. The van der Waals surface area contributed by atoms with Crippen molar-refractivity contribution in [1.82, 2.24) is 0 Å². The van der Waals surface area contributed by atoms with Crippen molar-refractivity contribution in [2.45, 2.75) is 12.8 Å². The normalized spacial score (nSPS) is 17.8. The average molecular weight is 232 g/mol. The highest BCUT2D eigenvalue weighted by Gasteiger charge is 2.26. The smallest absolute Gasteiger partial charge is 0.231 e. The summed E-state index contributed by atoms with van der Waals surface area (Å²) in [5, 5.41) is 0. The van der Waals surface area contributed by atoms with E-state index in [0.29, 0.717) is 24.2 Å². The molecule has 0 N–H and O–H groups in total. The SMILES string of the molecule is COC1=C(c2ccc3c(c2)OCO3)C(=O)CC1. The van der Waals surface area contributed by atoms with Crippen LogP contribution >= 0.6 is 0 Å². The Hall–Kier alpha value is -1.97. The third kappa shape index (κ3) is 1.56. The molecule has 0 atom stereocenters. The van der Waals surface area contributed by atoms with E-state index in [0.717, 1.165) is 17.1 Å². The zero-order valence-corrected chi connectivity index (χ0v) is 9.49. The van der Waals surface area contributed by atoms with Crippen LogP contribution < -0.4 is 9.47 Å². The van der Waals surface area contributed by atoms with Gasteiger partial charge in [0, 0.05) is 12.8 Å². The molecule has 3 rings (SSSR count). The summed E-state index contributed by atoms with van der Waals surface area (Å²) >= 11 is 0. The Kier molecular flexibility index (Phi) is 2.28. The molecule has 4 nitrogen and oxygen atoms in total. The van der Waals surface area contributed by atoms with Gasteiger partial charge in [0.1, 0.15) is 5.76 Å². The largest absolute Gasteiger partial charge is 0.500 e. The van der Waals surface area contributed by atoms with Gasteiger partial charge in [-0.3, -0.25) is 4.79 Å². The molecule has 1 aromatic carbocycles. The second kappa shape index (κ2) is 3.80. The molecule has 17 heavy (non-hydrogen) atoms. The Labute approximate surface area is 98.8 Å². The molecule has 4 heteroatoms. The van der Waals surface area contributed by atoms with Crippen molar-refractivity contribution in [2.75, 3.05) is 13.9 Å². The minimum Gasteiger partial charge on any atom is -0.500 e. The highest BCUT2D eigenvalue weighted by Crippen LogP contribution is 2.38. The van der Waals surface area contributed by atoms with Crippen LogP contribution in [0.1, 0.15) is 18.4 Å². The number of ether oxygens (including phenoxy) is 3. The Morgan fingerprint density at radius 2 is 2.00 bits per heavy atom. The number of rotatable bonds is 2. The maximum Gasteiger partial charge on any atom is 0.231 e. The number of Topliss-reactive ketones (excluding diaryl/α,β-unsaturated/α-hetero) is 1. The lowest BCUT2D eigenvalue weighted by molar-refractivity contribution is -0.113. The summed E-state index contributed by atoms with van der Waals surface area (Å²) in [4.78, 5) is 11.8. The van der Waals surface area contributed by atoms with Crippen LogP contribution in [0.5, 0.6) is 11.5 Å². The van der Waals surface area contributed by atoms with Crippen molar-refractivity contribution in [1.29, 1.82) is 0 Å². The van der Waals surface area contributed by atoms with E-state index in [2.05, 4.69) is 0 Å². The molecule has 0 radical (unpaired) electrons. The van der Waals surface area contributed by atoms with Crippen molar-refractivity contribution in [2.24, 2.45) is 0 Å². The van der Waals surface area contributed by atoms with Crippen LogP contribution in [-0.4, -0.2) is 19.7 Å². The third-order valence-electron chi connectivity index (χ3n) is 3.04. The number of hydrogen-bond donors (Lipinski definition) is 0. The van der Waals surface area contributed by atoms with Gasteiger partial charge in [-0.1, -0.05) is 6.07 Å². The lowest BCUT2D eigenvalue weighted by atomic mass is 10.0. The summed E-state index contributed by atoms with van der Waals surface area (Å²) in [6, 6.07) is 5.52. The molecule has 0 bridgehead atoms. The van der Waals surface area contributed by atoms with Gasteiger partial charge in [-0.05, 0) is 17.7 Å². The van der Waals surface area contributed by atoms with Gasteiger partial charge < -0.3 is 14.2 Å². The van der Waals surface area contributed by atoms with E-state index >= 15 is 0 Å². The van der Waals surface area contributed by atoms with Gasteiger partial charge in [0.2, 0.25) is 6.79 Å². The van der Waals surface area contributed by atoms with E-state index in [4.69, 9.17) is 14.2 Å². The first-order valence-corrected chi connectivity index (χ1v) is 5.50. The fourth-order valence-corrected chi connectivity index (χ4v) is 2.21. The number of fused-ring (bicyclic) bond motifs is 1. The summed E-state index contributed by atoms with van der Waals surface area (Å²) in [5.41, 5.74) is 1.51. The summed E-state index contributed by atoms with van der Waals surface area (Å²) in [6.07, 6.45) is 1.20. The number of carbonyl (C=O) groups excluding carboxylic acids is 1. The number of methoxy groups -OCH3 is 1. The van der Waals surface area contributed by atoms with Crippen molar-refractivity contribution in [3.05, 3.63) is 29.5 Å². The molecule has 0 fully saturated rings. The Balaban J connectivity index is 2.07. The molecule has 0 saturated heterocycles. The molecular weight excluding hydrogens is 220 g/mol. The minimum absolute atomic E-state index is 0.126. The highest BCUT2D eigenvalue weighted by atomic mass is 16.7. The first kappa shape index (κ1) is 10.2. The van der Waals surface area contributed by atoms with Crippen LogP contribution in [0.2, 0.25) is 0 Å². The van der Waals surface area contributed by atoms with Gasteiger partial charge >= 0.3 is 0 Å². The van der Waals surface area contributed by atoms with Crippen molar-refractivity contribution in [3.8, 4) is 11.5 Å². The number of benzene rings is 1. The minimum atomic E-state index is 0.126. The molecule has 1 heterocycles. The van der Waals surface area contributed by atoms with E-state index < -0.39 is 0 Å². The number of carbonyl (C=O) groups is 1. The molecule has 0 saturated carbocycles. The van der Waals surface area contributed by atoms with Gasteiger partial charge in [0.25, 0.3) is 0 Å². The topological polar surface area (TPSA) is 44.8 Å². The number of ketones is 1. The molecule has 1 aliphatic carbocycles. The second-order valence-corrected chi connectivity index (χ2v) is 3.99. The maximum atomic E-state index is 11.8. The lowest BCUT2D eigenvalue weighted by Gasteiger charge is -2.06. The Morgan fingerprint density at radius 3 is 2.82 bits per heavy atom. The van der Waals surface area contributed by atoms with Gasteiger partial charge in [-0.15, -0.1) is 0 Å². The number of hydrogen-bond acceptors (Lipinski definition) is 4. The average Bonchev–Trinajstić information content (AvgIpc) is 2.93. The van der Waals surface area contributed by atoms with E-state index in [-0.39, 0.29) is 12.6 Å². The Bertz CT molecular complexity index is 516. The predicted octanol–water partition coefficient (Wildman–Crippen LogP) is 2.14. The summed E-state index contributed by atoms with van der Waals surface area (Å²) in [7, 11) is 1.60. The summed E-state index contributed by atoms with van der Waals surface area (Å²) in [6.45, 7) is 0.239. The molecular formula is C13H12O4. The molecule has 0 unspecified atom stereocenters. The van der Waals surface area contributed by atoms with Crippen LogP contribution in [0.4, 0.5) is 0 Å². The van der Waals surface area contributed by atoms with Crippen molar-refractivity contribution < 1.29 is 19.0 Å². The van der Waals surface area contributed by atoms with Crippen molar-refractivity contribution >= 4 is 11.4 Å². The molecule has 0 spiro atoms. The van der Waals surface area contributed by atoms with Gasteiger partial charge in [-0.25, -0.2) is 0 Å². The van der Waals surface area contributed by atoms with E-state index in [1.165, 1.54) is 0 Å². The zero-order valence-electron chi connectivity index (χ0n) is 9.49. The van der Waals surface area contributed by atoms with Gasteiger partial charge in [0.15, 0.2) is 17.3 Å². The van der Waals surface area contributed by atoms with Crippen LogP contribution in [-0.2, 0) is 9.53 Å². The molecule has 2 aliphatic rings. The standard InChI is InChI=1S/C13H12O4/c1-15-11-5-3-9(14)13(11)8-2-4-10-12(6-8)17-7-16-10/h2,4,6H,3,5,7H2,1H3. The highest BCUT2D eigenvalue weighted by molar-refractivity contribution is 6.23. The van der Waals surface area contributed by atoms with Crippen LogP contribution in [0, 0.1) is 0 Å². The zero-order chi connectivity index (χ0) is 11.8. The van der Waals surface area contributed by atoms with Crippen LogP contribution in [0.3, 0.4) is 0 Å². The third-order valence-corrected chi connectivity index (χ3v) is 3.04. The van der Waals surface area contributed by atoms with Crippen molar-refractivity contribution in [3.63, 3.8) is 0 Å². The molecule has 88 valence electrons. The second-order valence-electron chi connectivity index (χ2n) is 3.99. The fraction of sp³-hybridized carbons (Fsp3) is 0.308. The van der Waals surface area contributed by atoms with E-state index in [1.54, 1.807) is 7.11 Å². The summed E-state index contributed by atoms with van der Waals surface area (Å²) < 4.78 is 15.8. The Morgan fingerprint density at radius 1 is 1.18 bits per heavy atom. The van der Waals surface area contributed by atoms with E-state index in [9.17, 15) is 4.79 Å². The molecule has 1 aliphatic heterocycles.